The van der Waals surface area contributed by atoms with Gasteiger partial charge in [-0.25, -0.2) is 0 Å². The third-order valence-electron chi connectivity index (χ3n) is 3.73. The topological polar surface area (TPSA) is 58.4 Å². The van der Waals surface area contributed by atoms with E-state index in [1.807, 2.05) is 6.92 Å². The highest BCUT2D eigenvalue weighted by atomic mass is 16.2. The fourth-order valence-corrected chi connectivity index (χ4v) is 2.49. The molecule has 3 N–H and O–H groups in total. The van der Waals surface area contributed by atoms with Gasteiger partial charge < -0.3 is 11.1 Å². The molecule has 3 unspecified atom stereocenters. The molecule has 0 aromatic rings. The van der Waals surface area contributed by atoms with Gasteiger partial charge in [-0.1, -0.05) is 20.8 Å². The highest BCUT2D eigenvalue weighted by Gasteiger charge is 2.35. The molecule has 0 bridgehead atoms. The summed E-state index contributed by atoms with van der Waals surface area (Å²) in [5, 5.41) is 3.00. The number of carbonyl (C=O) groups excluding carboxylic acids is 1. The van der Waals surface area contributed by atoms with Crippen LogP contribution in [-0.2, 0) is 4.79 Å². The van der Waals surface area contributed by atoms with Gasteiger partial charge in [0, 0.05) is 19.1 Å². The molecule has 0 aliphatic carbocycles. The van der Waals surface area contributed by atoms with Gasteiger partial charge in [-0.05, 0) is 31.7 Å². The van der Waals surface area contributed by atoms with Crippen molar-refractivity contribution in [2.75, 3.05) is 19.6 Å². The Kier molecular flexibility index (Phi) is 5.40. The van der Waals surface area contributed by atoms with E-state index in [0.717, 1.165) is 19.5 Å². The third kappa shape index (κ3) is 3.68. The molecule has 4 heteroatoms. The highest BCUT2D eigenvalue weighted by Crippen LogP contribution is 2.25. The highest BCUT2D eigenvalue weighted by molar-refractivity contribution is 5.81. The summed E-state index contributed by atoms with van der Waals surface area (Å²) in [5.74, 6) is 1.22. The molecule has 4 nitrogen and oxygen atoms in total. The molecule has 1 aliphatic heterocycles. The molecule has 1 saturated heterocycles. The van der Waals surface area contributed by atoms with E-state index in [4.69, 9.17) is 5.73 Å². The number of likely N-dealkylation sites (tertiary alicyclic amines) is 1. The first kappa shape index (κ1) is 14.5. The maximum atomic E-state index is 12.0. The van der Waals surface area contributed by atoms with Gasteiger partial charge in [0.25, 0.3) is 0 Å². The predicted molar refractivity (Wildman–Crippen MR) is 70.6 cm³/mol. The van der Waals surface area contributed by atoms with E-state index in [0.29, 0.717) is 24.4 Å². The first-order valence-corrected chi connectivity index (χ1v) is 6.70. The Balaban J connectivity index is 2.51. The maximum Gasteiger partial charge on any atom is 0.237 e. The van der Waals surface area contributed by atoms with Gasteiger partial charge in [-0.2, -0.15) is 0 Å². The molecule has 0 radical (unpaired) electrons. The largest absolute Gasteiger partial charge is 0.354 e. The second-order valence-electron chi connectivity index (χ2n) is 5.62. The average molecular weight is 241 g/mol. The Morgan fingerprint density at radius 3 is 2.65 bits per heavy atom. The molecular weight excluding hydrogens is 214 g/mol. The van der Waals surface area contributed by atoms with Gasteiger partial charge in [0.15, 0.2) is 0 Å². The summed E-state index contributed by atoms with van der Waals surface area (Å²) in [6.07, 6.45) is 1.14. The monoisotopic (exact) mass is 241 g/mol. The zero-order valence-electron chi connectivity index (χ0n) is 11.6. The van der Waals surface area contributed by atoms with Crippen LogP contribution in [-0.4, -0.2) is 42.5 Å². The van der Waals surface area contributed by atoms with Crippen molar-refractivity contribution in [1.29, 1.82) is 0 Å². The Labute approximate surface area is 105 Å². The van der Waals surface area contributed by atoms with E-state index < -0.39 is 0 Å². The number of rotatable bonds is 5. The van der Waals surface area contributed by atoms with E-state index in [-0.39, 0.29) is 11.9 Å². The van der Waals surface area contributed by atoms with E-state index in [1.165, 1.54) is 0 Å². The molecule has 0 aromatic carbocycles. The lowest BCUT2D eigenvalue weighted by Crippen LogP contribution is -2.50. The fourth-order valence-electron chi connectivity index (χ4n) is 2.49. The van der Waals surface area contributed by atoms with Gasteiger partial charge >= 0.3 is 0 Å². The zero-order chi connectivity index (χ0) is 13.0. The average Bonchev–Trinajstić information content (AvgIpc) is 2.66. The van der Waals surface area contributed by atoms with Crippen molar-refractivity contribution in [3.05, 3.63) is 0 Å². The molecule has 1 amide bonds. The maximum absolute atomic E-state index is 12.0. The van der Waals surface area contributed by atoms with Crippen LogP contribution in [0.2, 0.25) is 0 Å². The molecule has 100 valence electrons. The van der Waals surface area contributed by atoms with Crippen LogP contribution in [0.25, 0.3) is 0 Å². The molecule has 17 heavy (non-hydrogen) atoms. The number of nitrogens with one attached hydrogen (secondary N) is 1. The van der Waals surface area contributed by atoms with Crippen molar-refractivity contribution < 1.29 is 4.79 Å². The Hall–Kier alpha value is -0.610. The van der Waals surface area contributed by atoms with E-state index >= 15 is 0 Å². The number of hydrogen-bond acceptors (Lipinski definition) is 3. The van der Waals surface area contributed by atoms with Gasteiger partial charge in [-0.3, -0.25) is 9.69 Å². The lowest BCUT2D eigenvalue weighted by molar-refractivity contribution is -0.126. The SMILES string of the molecule is CC(C)CNC(=O)C(C)N1CCC(C)C1CN. The molecular formula is C13H27N3O. The quantitative estimate of drug-likeness (QED) is 0.749. The van der Waals surface area contributed by atoms with Crippen LogP contribution in [0.4, 0.5) is 0 Å². The molecule has 1 fully saturated rings. The number of carbonyl (C=O) groups is 1. The van der Waals surface area contributed by atoms with Crippen molar-refractivity contribution in [3.63, 3.8) is 0 Å². The fraction of sp³-hybridized carbons (Fsp3) is 0.923. The van der Waals surface area contributed by atoms with Gasteiger partial charge in [0.05, 0.1) is 6.04 Å². The van der Waals surface area contributed by atoms with E-state index in [9.17, 15) is 4.79 Å². The second-order valence-corrected chi connectivity index (χ2v) is 5.62. The lowest BCUT2D eigenvalue weighted by Gasteiger charge is -2.30. The minimum Gasteiger partial charge on any atom is -0.354 e. The molecule has 1 rings (SSSR count). The van der Waals surface area contributed by atoms with Crippen molar-refractivity contribution >= 4 is 5.91 Å². The number of amides is 1. The minimum atomic E-state index is -0.0627. The second kappa shape index (κ2) is 6.36. The van der Waals surface area contributed by atoms with Crippen LogP contribution >= 0.6 is 0 Å². The lowest BCUT2D eigenvalue weighted by atomic mass is 10.0. The first-order valence-electron chi connectivity index (χ1n) is 6.70. The van der Waals surface area contributed by atoms with Crippen LogP contribution in [0.15, 0.2) is 0 Å². The first-order chi connectivity index (χ1) is 7.97. The van der Waals surface area contributed by atoms with Gasteiger partial charge in [0.1, 0.15) is 0 Å². The Morgan fingerprint density at radius 2 is 2.12 bits per heavy atom. The smallest absolute Gasteiger partial charge is 0.237 e. The standard InChI is InChI=1S/C13H27N3O/c1-9(2)8-15-13(17)11(4)16-6-5-10(3)12(16)7-14/h9-12H,5-8,14H2,1-4H3,(H,15,17). The van der Waals surface area contributed by atoms with E-state index in [2.05, 4.69) is 31.0 Å². The Bertz CT molecular complexity index is 255. The summed E-state index contributed by atoms with van der Waals surface area (Å²) in [7, 11) is 0. The van der Waals surface area contributed by atoms with Crippen LogP contribution in [0.3, 0.4) is 0 Å². The summed E-state index contributed by atoms with van der Waals surface area (Å²) < 4.78 is 0. The molecule has 0 spiro atoms. The summed E-state index contributed by atoms with van der Waals surface area (Å²) in [5.41, 5.74) is 5.80. The van der Waals surface area contributed by atoms with Crippen molar-refractivity contribution in [2.24, 2.45) is 17.6 Å². The summed E-state index contributed by atoms with van der Waals surface area (Å²) in [4.78, 5) is 14.3. The number of nitrogens with zero attached hydrogens (tertiary/aromatic N) is 1. The summed E-state index contributed by atoms with van der Waals surface area (Å²) >= 11 is 0. The van der Waals surface area contributed by atoms with Gasteiger partial charge in [-0.15, -0.1) is 0 Å². The van der Waals surface area contributed by atoms with Crippen molar-refractivity contribution in [1.82, 2.24) is 10.2 Å². The van der Waals surface area contributed by atoms with Crippen LogP contribution < -0.4 is 11.1 Å². The Morgan fingerprint density at radius 1 is 1.47 bits per heavy atom. The third-order valence-corrected chi connectivity index (χ3v) is 3.73. The van der Waals surface area contributed by atoms with Crippen LogP contribution in [0.1, 0.15) is 34.1 Å². The zero-order valence-corrected chi connectivity index (χ0v) is 11.6. The normalized spacial score (nSPS) is 27.4. The molecule has 1 aliphatic rings. The number of nitrogens with two attached hydrogens (primary N) is 1. The summed E-state index contributed by atoms with van der Waals surface area (Å²) in [6, 6.07) is 0.294. The van der Waals surface area contributed by atoms with Crippen LogP contribution in [0.5, 0.6) is 0 Å². The molecule has 3 atom stereocenters. The molecule has 0 saturated carbocycles. The van der Waals surface area contributed by atoms with E-state index in [1.54, 1.807) is 0 Å². The number of hydrogen-bond donors (Lipinski definition) is 2. The predicted octanol–water partition coefficient (Wildman–Crippen LogP) is 0.816. The molecule has 1 heterocycles. The summed E-state index contributed by atoms with van der Waals surface area (Å²) in [6.45, 7) is 10.8. The van der Waals surface area contributed by atoms with Crippen molar-refractivity contribution in [2.45, 2.75) is 46.2 Å². The van der Waals surface area contributed by atoms with Crippen LogP contribution in [0, 0.1) is 11.8 Å². The minimum absolute atomic E-state index is 0.0627. The molecule has 0 aromatic heterocycles. The van der Waals surface area contributed by atoms with Crippen molar-refractivity contribution in [3.8, 4) is 0 Å². The van der Waals surface area contributed by atoms with Gasteiger partial charge in [0.2, 0.25) is 5.91 Å².